The molecule has 0 bridgehead atoms. The number of amides is 3. The van der Waals surface area contributed by atoms with Crippen molar-refractivity contribution < 1.29 is 14.0 Å². The molecule has 3 amide bonds. The highest BCUT2D eigenvalue weighted by Crippen LogP contribution is 2.24. The number of rotatable bonds is 6. The van der Waals surface area contributed by atoms with Crippen LogP contribution in [0.2, 0.25) is 0 Å². The van der Waals surface area contributed by atoms with Crippen molar-refractivity contribution in [2.45, 2.75) is 25.4 Å². The fourth-order valence-corrected chi connectivity index (χ4v) is 3.59. The van der Waals surface area contributed by atoms with E-state index in [9.17, 15) is 9.59 Å². The third kappa shape index (κ3) is 3.39. The van der Waals surface area contributed by atoms with Gasteiger partial charge in [-0.25, -0.2) is 9.78 Å². The number of hydrogen-bond donors (Lipinski definition) is 1. The molecule has 6 nitrogen and oxygen atoms in total. The number of hydrogen-bond acceptors (Lipinski definition) is 5. The lowest BCUT2D eigenvalue weighted by Gasteiger charge is -2.11. The molecule has 1 aliphatic heterocycles. The van der Waals surface area contributed by atoms with Gasteiger partial charge in [-0.05, 0) is 29.9 Å². The first-order valence-corrected chi connectivity index (χ1v) is 9.23. The van der Waals surface area contributed by atoms with Crippen molar-refractivity contribution in [2.75, 3.05) is 0 Å². The first-order valence-electron chi connectivity index (χ1n) is 8.35. The van der Waals surface area contributed by atoms with Crippen LogP contribution in [-0.4, -0.2) is 27.9 Å². The van der Waals surface area contributed by atoms with E-state index in [4.69, 9.17) is 4.42 Å². The van der Waals surface area contributed by atoms with Crippen LogP contribution in [0.3, 0.4) is 0 Å². The Morgan fingerprint density at radius 2 is 2.00 bits per heavy atom. The van der Waals surface area contributed by atoms with Crippen molar-refractivity contribution in [1.82, 2.24) is 15.2 Å². The maximum Gasteiger partial charge on any atom is 0.325 e. The topological polar surface area (TPSA) is 75.4 Å². The minimum Gasteiger partial charge on any atom is -0.443 e. The summed E-state index contributed by atoms with van der Waals surface area (Å²) in [6.45, 7) is 0.112. The average Bonchev–Trinajstić information content (AvgIpc) is 3.38. The van der Waals surface area contributed by atoms with E-state index < -0.39 is 6.04 Å². The zero-order chi connectivity index (χ0) is 17.9. The number of urea groups is 1. The van der Waals surface area contributed by atoms with E-state index in [-0.39, 0.29) is 18.5 Å². The van der Waals surface area contributed by atoms with Gasteiger partial charge in [0.25, 0.3) is 5.91 Å². The summed E-state index contributed by atoms with van der Waals surface area (Å²) in [5, 5.41) is 4.70. The lowest BCUT2D eigenvalue weighted by atomic mass is 10.1. The molecule has 2 aromatic heterocycles. The minimum absolute atomic E-state index is 0.112. The summed E-state index contributed by atoms with van der Waals surface area (Å²) in [4.78, 5) is 31.2. The largest absolute Gasteiger partial charge is 0.443 e. The smallest absolute Gasteiger partial charge is 0.325 e. The van der Waals surface area contributed by atoms with Crippen LogP contribution in [0.1, 0.15) is 17.7 Å². The maximum absolute atomic E-state index is 12.6. The Morgan fingerprint density at radius 1 is 1.15 bits per heavy atom. The van der Waals surface area contributed by atoms with Crippen LogP contribution in [0.5, 0.6) is 0 Å². The SMILES string of the molecule is O=C1N[C@H](CCc2ccccc2)C(=O)N1Cc1coc(-c2cccs2)n1. The molecule has 1 N–H and O–H groups in total. The number of nitrogens with zero attached hydrogens (tertiary/aromatic N) is 2. The second-order valence-electron chi connectivity index (χ2n) is 6.07. The van der Waals surface area contributed by atoms with Crippen molar-refractivity contribution in [2.24, 2.45) is 0 Å². The third-order valence-electron chi connectivity index (χ3n) is 4.28. The van der Waals surface area contributed by atoms with E-state index in [0.717, 1.165) is 16.9 Å². The number of carbonyl (C=O) groups is 2. The molecule has 3 aromatic rings. The summed E-state index contributed by atoms with van der Waals surface area (Å²) in [6.07, 6.45) is 2.80. The van der Waals surface area contributed by atoms with Crippen molar-refractivity contribution in [1.29, 1.82) is 0 Å². The summed E-state index contributed by atoms with van der Waals surface area (Å²) in [5.74, 6) is 0.286. The minimum atomic E-state index is -0.494. The second-order valence-corrected chi connectivity index (χ2v) is 7.02. The molecule has 7 heteroatoms. The first kappa shape index (κ1) is 16.5. The zero-order valence-electron chi connectivity index (χ0n) is 13.9. The van der Waals surface area contributed by atoms with Crippen molar-refractivity contribution in [3.63, 3.8) is 0 Å². The van der Waals surface area contributed by atoms with E-state index in [1.165, 1.54) is 22.5 Å². The normalized spacial score (nSPS) is 16.9. The van der Waals surface area contributed by atoms with E-state index in [2.05, 4.69) is 10.3 Å². The highest BCUT2D eigenvalue weighted by atomic mass is 32.1. The Balaban J connectivity index is 1.39. The monoisotopic (exact) mass is 367 g/mol. The van der Waals surface area contributed by atoms with Gasteiger partial charge in [0.15, 0.2) is 0 Å². The van der Waals surface area contributed by atoms with Crippen LogP contribution in [-0.2, 0) is 17.8 Å². The molecular formula is C19H17N3O3S. The Hall–Kier alpha value is -2.93. The second kappa shape index (κ2) is 7.13. The van der Waals surface area contributed by atoms with Gasteiger partial charge < -0.3 is 9.73 Å². The molecule has 0 aliphatic carbocycles. The van der Waals surface area contributed by atoms with Crippen LogP contribution in [0.4, 0.5) is 4.79 Å². The summed E-state index contributed by atoms with van der Waals surface area (Å²) in [5.41, 5.74) is 1.70. The number of nitrogens with one attached hydrogen (secondary N) is 1. The summed E-state index contributed by atoms with van der Waals surface area (Å²) in [7, 11) is 0. The molecular weight excluding hydrogens is 350 g/mol. The predicted molar refractivity (Wildman–Crippen MR) is 97.4 cm³/mol. The molecule has 3 heterocycles. The molecule has 1 aromatic carbocycles. The summed E-state index contributed by atoms with van der Waals surface area (Å²) in [6, 6.07) is 12.9. The quantitative estimate of drug-likeness (QED) is 0.677. The fraction of sp³-hybridized carbons (Fsp3) is 0.211. The van der Waals surface area contributed by atoms with Crippen molar-refractivity contribution >= 4 is 23.3 Å². The molecule has 1 saturated heterocycles. The fourth-order valence-electron chi connectivity index (χ4n) is 2.93. The predicted octanol–water partition coefficient (Wildman–Crippen LogP) is 3.46. The number of benzene rings is 1. The number of aromatic nitrogens is 1. The van der Waals surface area contributed by atoms with Gasteiger partial charge in [0.2, 0.25) is 5.89 Å². The van der Waals surface area contributed by atoms with E-state index in [1.54, 1.807) is 0 Å². The van der Waals surface area contributed by atoms with Crippen molar-refractivity contribution in [3.05, 3.63) is 65.4 Å². The molecule has 1 aliphatic rings. The Bertz CT molecular complexity index is 905. The van der Waals surface area contributed by atoms with Crippen LogP contribution >= 0.6 is 11.3 Å². The van der Waals surface area contributed by atoms with Gasteiger partial charge in [-0.2, -0.15) is 0 Å². The zero-order valence-corrected chi connectivity index (χ0v) is 14.7. The average molecular weight is 367 g/mol. The maximum atomic E-state index is 12.6. The number of oxazole rings is 1. The number of imide groups is 1. The summed E-state index contributed by atoms with van der Waals surface area (Å²) < 4.78 is 5.45. The van der Waals surface area contributed by atoms with Crippen molar-refractivity contribution in [3.8, 4) is 10.8 Å². The van der Waals surface area contributed by atoms with E-state index in [1.807, 2.05) is 47.8 Å². The van der Waals surface area contributed by atoms with Gasteiger partial charge >= 0.3 is 6.03 Å². The number of thiophene rings is 1. The van der Waals surface area contributed by atoms with E-state index >= 15 is 0 Å². The highest BCUT2D eigenvalue weighted by Gasteiger charge is 2.37. The number of aryl methyl sites for hydroxylation is 1. The van der Waals surface area contributed by atoms with Gasteiger partial charge in [0.05, 0.1) is 17.1 Å². The molecule has 0 unspecified atom stereocenters. The summed E-state index contributed by atoms with van der Waals surface area (Å²) >= 11 is 1.52. The molecule has 0 spiro atoms. The molecule has 0 radical (unpaired) electrons. The third-order valence-corrected chi connectivity index (χ3v) is 5.13. The Morgan fingerprint density at radius 3 is 2.77 bits per heavy atom. The molecule has 26 heavy (non-hydrogen) atoms. The molecule has 0 saturated carbocycles. The van der Waals surface area contributed by atoms with Gasteiger partial charge in [-0.3, -0.25) is 9.69 Å². The van der Waals surface area contributed by atoms with Crippen LogP contribution < -0.4 is 5.32 Å². The highest BCUT2D eigenvalue weighted by molar-refractivity contribution is 7.13. The lowest BCUT2D eigenvalue weighted by molar-refractivity contribution is -0.128. The molecule has 1 fully saturated rings. The van der Waals surface area contributed by atoms with E-state index in [0.29, 0.717) is 18.0 Å². The van der Waals surface area contributed by atoms with Gasteiger partial charge in [0, 0.05) is 0 Å². The molecule has 132 valence electrons. The number of carbonyl (C=O) groups excluding carboxylic acids is 2. The van der Waals surface area contributed by atoms with Gasteiger partial charge in [0.1, 0.15) is 12.3 Å². The standard InChI is InChI=1S/C19H17N3O3S/c23-18-15(9-8-13-5-2-1-3-6-13)21-19(24)22(18)11-14-12-25-17(20-14)16-7-4-10-26-16/h1-7,10,12,15H,8-9,11H2,(H,21,24)/t15-/m1/s1. The Labute approximate surface area is 154 Å². The van der Waals surface area contributed by atoms with Gasteiger partial charge in [-0.1, -0.05) is 36.4 Å². The molecule has 4 rings (SSSR count). The first-order chi connectivity index (χ1) is 12.7. The Kier molecular flexibility index (Phi) is 4.53. The lowest BCUT2D eigenvalue weighted by Crippen LogP contribution is -2.31. The van der Waals surface area contributed by atoms with Crippen LogP contribution in [0, 0.1) is 0 Å². The van der Waals surface area contributed by atoms with Crippen LogP contribution in [0.15, 0.2) is 58.5 Å². The molecule has 1 atom stereocenters. The van der Waals surface area contributed by atoms with Crippen LogP contribution in [0.25, 0.3) is 10.8 Å². The van der Waals surface area contributed by atoms with Gasteiger partial charge in [-0.15, -0.1) is 11.3 Å².